The highest BCUT2D eigenvalue weighted by Crippen LogP contribution is 2.13. The summed E-state index contributed by atoms with van der Waals surface area (Å²) in [5, 5.41) is 0.354. The first-order valence-electron chi connectivity index (χ1n) is 6.92. The number of benzene rings is 1. The highest BCUT2D eigenvalue weighted by Gasteiger charge is 2.09. The number of hydrogen-bond donors (Lipinski definition) is 0. The Morgan fingerprint density at radius 2 is 1.95 bits per heavy atom. The van der Waals surface area contributed by atoms with E-state index in [1.54, 1.807) is 12.1 Å². The second kappa shape index (κ2) is 8.39. The van der Waals surface area contributed by atoms with Gasteiger partial charge in [-0.25, -0.2) is 0 Å². The number of rotatable bonds is 7. The molecule has 110 valence electrons. The number of carbonyl (C=O) groups is 1. The Morgan fingerprint density at radius 1 is 1.25 bits per heavy atom. The number of Topliss-reactive ketones (excluding diaryl/α,β-unsaturated/α-hetero) is 1. The lowest BCUT2D eigenvalue weighted by atomic mass is 10.1. The number of nitrogens with zero attached hydrogens (tertiary/aromatic N) is 1. The number of hydrogen-bond acceptors (Lipinski definition) is 4. The molecule has 5 heteroatoms. The van der Waals surface area contributed by atoms with Crippen molar-refractivity contribution in [3.63, 3.8) is 0 Å². The fourth-order valence-corrected chi connectivity index (χ4v) is 2.44. The number of halogens is 1. The molecule has 0 saturated carbocycles. The van der Waals surface area contributed by atoms with Crippen LogP contribution in [0.15, 0.2) is 24.3 Å². The maximum atomic E-state index is 11.5. The minimum absolute atomic E-state index is 0.0869. The first kappa shape index (κ1) is 15.5. The largest absolute Gasteiger partial charge is 0.494 e. The van der Waals surface area contributed by atoms with E-state index in [4.69, 9.17) is 9.47 Å². The molecule has 0 atom stereocenters. The summed E-state index contributed by atoms with van der Waals surface area (Å²) >= 11 is 3.16. The molecule has 0 N–H and O–H groups in total. The lowest BCUT2D eigenvalue weighted by Crippen LogP contribution is -2.37. The third-order valence-corrected chi connectivity index (χ3v) is 3.80. The molecule has 1 aromatic rings. The van der Waals surface area contributed by atoms with Crippen LogP contribution in [-0.4, -0.2) is 55.5 Å². The smallest absolute Gasteiger partial charge is 0.173 e. The zero-order valence-electron chi connectivity index (χ0n) is 11.5. The van der Waals surface area contributed by atoms with Crippen LogP contribution in [-0.2, 0) is 4.74 Å². The Labute approximate surface area is 128 Å². The number of morpholine rings is 1. The van der Waals surface area contributed by atoms with Crippen LogP contribution in [0.25, 0.3) is 0 Å². The van der Waals surface area contributed by atoms with E-state index in [-0.39, 0.29) is 5.78 Å². The van der Waals surface area contributed by atoms with Crippen molar-refractivity contribution in [3.05, 3.63) is 29.8 Å². The van der Waals surface area contributed by atoms with Crippen LogP contribution in [0.2, 0.25) is 0 Å². The van der Waals surface area contributed by atoms with Crippen LogP contribution in [0.4, 0.5) is 0 Å². The van der Waals surface area contributed by atoms with Crippen molar-refractivity contribution in [1.82, 2.24) is 4.90 Å². The molecular formula is C15H20BrNO3. The predicted molar refractivity (Wildman–Crippen MR) is 81.9 cm³/mol. The van der Waals surface area contributed by atoms with E-state index in [2.05, 4.69) is 20.8 Å². The average Bonchev–Trinajstić information content (AvgIpc) is 2.52. The average molecular weight is 342 g/mol. The molecule has 0 radical (unpaired) electrons. The number of carbonyl (C=O) groups excluding carboxylic acids is 1. The van der Waals surface area contributed by atoms with Crippen molar-refractivity contribution in [1.29, 1.82) is 0 Å². The second-order valence-corrected chi connectivity index (χ2v) is 5.30. The highest BCUT2D eigenvalue weighted by molar-refractivity contribution is 9.09. The van der Waals surface area contributed by atoms with Gasteiger partial charge in [0.05, 0.1) is 25.2 Å². The molecule has 0 bridgehead atoms. The Balaban J connectivity index is 1.67. The first-order valence-corrected chi connectivity index (χ1v) is 8.04. The van der Waals surface area contributed by atoms with Gasteiger partial charge in [-0.3, -0.25) is 9.69 Å². The van der Waals surface area contributed by atoms with Crippen molar-refractivity contribution >= 4 is 21.7 Å². The summed E-state index contributed by atoms with van der Waals surface area (Å²) in [5.41, 5.74) is 0.711. The van der Waals surface area contributed by atoms with Gasteiger partial charge in [0, 0.05) is 25.2 Å². The van der Waals surface area contributed by atoms with Crippen molar-refractivity contribution in [2.75, 3.05) is 44.8 Å². The summed E-state index contributed by atoms with van der Waals surface area (Å²) in [4.78, 5) is 13.9. The van der Waals surface area contributed by atoms with Gasteiger partial charge < -0.3 is 9.47 Å². The number of alkyl halides is 1. The van der Waals surface area contributed by atoms with Crippen LogP contribution in [0.1, 0.15) is 16.8 Å². The summed E-state index contributed by atoms with van der Waals surface area (Å²) in [6.07, 6.45) is 1.00. The molecule has 0 amide bonds. The standard InChI is InChI=1S/C15H20BrNO3/c16-12-15(18)13-2-4-14(5-3-13)20-9-1-6-17-7-10-19-11-8-17/h2-5H,1,6-12H2. The zero-order valence-corrected chi connectivity index (χ0v) is 13.1. The maximum absolute atomic E-state index is 11.5. The third-order valence-electron chi connectivity index (χ3n) is 3.29. The summed E-state index contributed by atoms with van der Waals surface area (Å²) in [7, 11) is 0. The summed E-state index contributed by atoms with van der Waals surface area (Å²) in [6.45, 7) is 5.45. The first-order chi connectivity index (χ1) is 9.79. The van der Waals surface area contributed by atoms with Gasteiger partial charge in [-0.1, -0.05) is 15.9 Å². The quantitative estimate of drug-likeness (QED) is 0.433. The molecule has 1 aliphatic heterocycles. The maximum Gasteiger partial charge on any atom is 0.173 e. The van der Waals surface area contributed by atoms with E-state index < -0.39 is 0 Å². The van der Waals surface area contributed by atoms with E-state index in [0.29, 0.717) is 17.5 Å². The Kier molecular flexibility index (Phi) is 6.50. The molecule has 0 aliphatic carbocycles. The van der Waals surface area contributed by atoms with Crippen molar-refractivity contribution in [3.8, 4) is 5.75 Å². The highest BCUT2D eigenvalue weighted by atomic mass is 79.9. The molecule has 0 spiro atoms. The fraction of sp³-hybridized carbons (Fsp3) is 0.533. The van der Waals surface area contributed by atoms with Crippen LogP contribution in [0.5, 0.6) is 5.75 Å². The molecule has 1 heterocycles. The molecule has 1 fully saturated rings. The van der Waals surface area contributed by atoms with E-state index >= 15 is 0 Å². The van der Waals surface area contributed by atoms with Crippen molar-refractivity contribution in [2.45, 2.75) is 6.42 Å². The zero-order chi connectivity index (χ0) is 14.2. The van der Waals surface area contributed by atoms with Gasteiger partial charge in [-0.05, 0) is 30.7 Å². The van der Waals surface area contributed by atoms with Crippen LogP contribution in [0.3, 0.4) is 0 Å². The van der Waals surface area contributed by atoms with E-state index in [1.165, 1.54) is 0 Å². The van der Waals surface area contributed by atoms with Crippen LogP contribution in [0, 0.1) is 0 Å². The fourth-order valence-electron chi connectivity index (χ4n) is 2.12. The summed E-state index contributed by atoms with van der Waals surface area (Å²) in [6, 6.07) is 7.32. The number of ketones is 1. The van der Waals surface area contributed by atoms with Crippen LogP contribution < -0.4 is 4.74 Å². The van der Waals surface area contributed by atoms with E-state index in [0.717, 1.165) is 45.0 Å². The van der Waals surface area contributed by atoms with Gasteiger partial charge in [0.2, 0.25) is 0 Å². The summed E-state index contributed by atoms with van der Waals surface area (Å²) in [5.74, 6) is 0.905. The number of ether oxygens (including phenoxy) is 2. The van der Waals surface area contributed by atoms with Gasteiger partial charge in [-0.15, -0.1) is 0 Å². The molecule has 4 nitrogen and oxygen atoms in total. The van der Waals surface area contributed by atoms with Gasteiger partial charge in [0.15, 0.2) is 5.78 Å². The van der Waals surface area contributed by atoms with Gasteiger partial charge >= 0.3 is 0 Å². The molecule has 0 aromatic heterocycles. The predicted octanol–water partition coefficient (Wildman–Crippen LogP) is 2.37. The van der Waals surface area contributed by atoms with E-state index in [1.807, 2.05) is 12.1 Å². The SMILES string of the molecule is O=C(CBr)c1ccc(OCCCN2CCOCC2)cc1. The Hall–Kier alpha value is -0.910. The minimum atomic E-state index is 0.0869. The lowest BCUT2D eigenvalue weighted by Gasteiger charge is -2.26. The molecule has 1 aliphatic rings. The molecule has 1 saturated heterocycles. The molecule has 2 rings (SSSR count). The van der Waals surface area contributed by atoms with Crippen molar-refractivity contribution < 1.29 is 14.3 Å². The monoisotopic (exact) mass is 341 g/mol. The van der Waals surface area contributed by atoms with Crippen molar-refractivity contribution in [2.24, 2.45) is 0 Å². The third kappa shape index (κ3) is 4.89. The molecule has 0 unspecified atom stereocenters. The van der Waals surface area contributed by atoms with E-state index in [9.17, 15) is 4.79 Å². The van der Waals surface area contributed by atoms with Crippen LogP contribution >= 0.6 is 15.9 Å². The second-order valence-electron chi connectivity index (χ2n) is 4.74. The normalized spacial score (nSPS) is 16.1. The molecule has 20 heavy (non-hydrogen) atoms. The molecule has 1 aromatic carbocycles. The summed E-state index contributed by atoms with van der Waals surface area (Å²) < 4.78 is 11.0. The lowest BCUT2D eigenvalue weighted by molar-refractivity contribution is 0.0358. The Bertz CT molecular complexity index is 416. The van der Waals surface area contributed by atoms with Gasteiger partial charge in [0.1, 0.15) is 5.75 Å². The van der Waals surface area contributed by atoms with Gasteiger partial charge in [-0.2, -0.15) is 0 Å². The van der Waals surface area contributed by atoms with Gasteiger partial charge in [0.25, 0.3) is 0 Å². The minimum Gasteiger partial charge on any atom is -0.494 e. The Morgan fingerprint density at radius 3 is 2.60 bits per heavy atom. The topological polar surface area (TPSA) is 38.8 Å². The molecular weight excluding hydrogens is 322 g/mol.